The SMILES string of the molecule is COc1ccc(C(=O)NCC2CCS(=O)(=O)C2)cc1. The van der Waals surface area contributed by atoms with Gasteiger partial charge in [-0.1, -0.05) is 0 Å². The number of nitrogens with one attached hydrogen (secondary N) is 1. The first-order valence-corrected chi connectivity index (χ1v) is 7.95. The molecule has 1 saturated heterocycles. The average Bonchev–Trinajstić information content (AvgIpc) is 2.76. The van der Waals surface area contributed by atoms with Crippen LogP contribution in [0, 0.1) is 5.92 Å². The zero-order chi connectivity index (χ0) is 13.9. The molecule has 2 rings (SSSR count). The first-order valence-electron chi connectivity index (χ1n) is 6.13. The van der Waals surface area contributed by atoms with Crippen LogP contribution in [-0.4, -0.2) is 39.5 Å². The molecule has 0 saturated carbocycles. The molecule has 1 aliphatic heterocycles. The van der Waals surface area contributed by atoms with E-state index < -0.39 is 9.84 Å². The summed E-state index contributed by atoms with van der Waals surface area (Å²) >= 11 is 0. The van der Waals surface area contributed by atoms with Crippen LogP contribution < -0.4 is 10.1 Å². The van der Waals surface area contributed by atoms with E-state index in [1.165, 1.54) is 0 Å². The zero-order valence-electron chi connectivity index (χ0n) is 10.8. The lowest BCUT2D eigenvalue weighted by Crippen LogP contribution is -2.29. The Morgan fingerprint density at radius 2 is 2.05 bits per heavy atom. The largest absolute Gasteiger partial charge is 0.497 e. The van der Waals surface area contributed by atoms with Crippen LogP contribution in [0.2, 0.25) is 0 Å². The minimum atomic E-state index is -2.88. The van der Waals surface area contributed by atoms with Crippen molar-refractivity contribution in [1.29, 1.82) is 0 Å². The van der Waals surface area contributed by atoms with Gasteiger partial charge in [0.05, 0.1) is 18.6 Å². The molecule has 1 heterocycles. The molecular weight excluding hydrogens is 266 g/mol. The Morgan fingerprint density at radius 3 is 2.58 bits per heavy atom. The van der Waals surface area contributed by atoms with E-state index in [1.807, 2.05) is 0 Å². The highest BCUT2D eigenvalue weighted by molar-refractivity contribution is 7.91. The summed E-state index contributed by atoms with van der Waals surface area (Å²) in [6, 6.07) is 6.79. The fraction of sp³-hybridized carbons (Fsp3) is 0.462. The van der Waals surface area contributed by atoms with Gasteiger partial charge in [0.1, 0.15) is 5.75 Å². The fourth-order valence-corrected chi connectivity index (χ4v) is 3.98. The second-order valence-electron chi connectivity index (χ2n) is 4.71. The van der Waals surface area contributed by atoms with Crippen molar-refractivity contribution in [2.24, 2.45) is 5.92 Å². The lowest BCUT2D eigenvalue weighted by molar-refractivity contribution is 0.0948. The van der Waals surface area contributed by atoms with Gasteiger partial charge in [-0.25, -0.2) is 8.42 Å². The molecule has 0 spiro atoms. The predicted molar refractivity (Wildman–Crippen MR) is 72.1 cm³/mol. The fourth-order valence-electron chi connectivity index (χ4n) is 2.11. The van der Waals surface area contributed by atoms with Gasteiger partial charge in [-0.3, -0.25) is 4.79 Å². The van der Waals surface area contributed by atoms with Crippen LogP contribution in [0.5, 0.6) is 5.75 Å². The van der Waals surface area contributed by atoms with E-state index in [1.54, 1.807) is 31.4 Å². The lowest BCUT2D eigenvalue weighted by Gasteiger charge is -2.09. The third-order valence-corrected chi connectivity index (χ3v) is 5.07. The highest BCUT2D eigenvalue weighted by Gasteiger charge is 2.27. The molecule has 0 aromatic heterocycles. The smallest absolute Gasteiger partial charge is 0.251 e. The van der Waals surface area contributed by atoms with Crippen LogP contribution in [0.3, 0.4) is 0 Å². The third-order valence-electron chi connectivity index (χ3n) is 3.23. The predicted octanol–water partition coefficient (Wildman–Crippen LogP) is 0.860. The van der Waals surface area contributed by atoms with E-state index in [0.717, 1.165) is 0 Å². The molecule has 1 N–H and O–H groups in total. The first kappa shape index (κ1) is 13.9. The molecule has 1 aromatic rings. The summed E-state index contributed by atoms with van der Waals surface area (Å²) in [5.41, 5.74) is 0.543. The molecule has 1 aliphatic rings. The number of rotatable bonds is 4. The quantitative estimate of drug-likeness (QED) is 0.889. The van der Waals surface area contributed by atoms with Crippen molar-refractivity contribution in [2.75, 3.05) is 25.2 Å². The van der Waals surface area contributed by atoms with Crippen LogP contribution in [0.4, 0.5) is 0 Å². The average molecular weight is 283 g/mol. The number of methoxy groups -OCH3 is 1. The van der Waals surface area contributed by atoms with E-state index in [2.05, 4.69) is 5.32 Å². The number of benzene rings is 1. The number of hydrogen-bond donors (Lipinski definition) is 1. The molecule has 1 atom stereocenters. The van der Waals surface area contributed by atoms with Gasteiger partial charge in [-0.2, -0.15) is 0 Å². The van der Waals surface area contributed by atoms with Gasteiger partial charge in [0.15, 0.2) is 9.84 Å². The van der Waals surface area contributed by atoms with Gasteiger partial charge in [0, 0.05) is 12.1 Å². The Labute approximate surface area is 112 Å². The molecule has 0 bridgehead atoms. The lowest BCUT2D eigenvalue weighted by atomic mass is 10.1. The van der Waals surface area contributed by atoms with Gasteiger partial charge >= 0.3 is 0 Å². The summed E-state index contributed by atoms with van der Waals surface area (Å²) in [5, 5.41) is 2.77. The second-order valence-corrected chi connectivity index (χ2v) is 6.94. The molecule has 1 aromatic carbocycles. The van der Waals surface area contributed by atoms with Crippen molar-refractivity contribution < 1.29 is 17.9 Å². The standard InChI is InChI=1S/C13H17NO4S/c1-18-12-4-2-11(3-5-12)13(15)14-8-10-6-7-19(16,17)9-10/h2-5,10H,6-9H2,1H3,(H,14,15). The van der Waals surface area contributed by atoms with Crippen molar-refractivity contribution in [3.8, 4) is 5.75 Å². The van der Waals surface area contributed by atoms with E-state index >= 15 is 0 Å². The Kier molecular flexibility index (Phi) is 4.09. The van der Waals surface area contributed by atoms with Gasteiger partial charge in [-0.05, 0) is 36.6 Å². The molecule has 5 nitrogen and oxygen atoms in total. The van der Waals surface area contributed by atoms with Crippen molar-refractivity contribution >= 4 is 15.7 Å². The van der Waals surface area contributed by atoms with Crippen molar-refractivity contribution in [2.45, 2.75) is 6.42 Å². The monoisotopic (exact) mass is 283 g/mol. The summed E-state index contributed by atoms with van der Waals surface area (Å²) < 4.78 is 27.6. The topological polar surface area (TPSA) is 72.5 Å². The number of sulfone groups is 1. The number of ether oxygens (including phenoxy) is 1. The Hall–Kier alpha value is -1.56. The maximum absolute atomic E-state index is 11.9. The highest BCUT2D eigenvalue weighted by atomic mass is 32.2. The summed E-state index contributed by atoms with van der Waals surface area (Å²) in [6.07, 6.45) is 0.630. The second kappa shape index (κ2) is 5.61. The molecule has 19 heavy (non-hydrogen) atoms. The Bertz CT molecular complexity index is 551. The van der Waals surface area contributed by atoms with Crippen molar-refractivity contribution in [3.63, 3.8) is 0 Å². The summed E-state index contributed by atoms with van der Waals surface area (Å²) in [5.74, 6) is 0.948. The van der Waals surface area contributed by atoms with Crippen LogP contribution in [-0.2, 0) is 9.84 Å². The van der Waals surface area contributed by atoms with E-state index in [4.69, 9.17) is 4.74 Å². The van der Waals surface area contributed by atoms with Gasteiger partial charge in [0.25, 0.3) is 5.91 Å². The van der Waals surface area contributed by atoms with Gasteiger partial charge < -0.3 is 10.1 Å². The molecule has 0 aliphatic carbocycles. The van der Waals surface area contributed by atoms with E-state index in [9.17, 15) is 13.2 Å². The molecule has 104 valence electrons. The number of carbonyl (C=O) groups is 1. The van der Waals surface area contributed by atoms with E-state index in [0.29, 0.717) is 24.3 Å². The first-order chi connectivity index (χ1) is 9.00. The molecular formula is C13H17NO4S. The van der Waals surface area contributed by atoms with Gasteiger partial charge in [0.2, 0.25) is 0 Å². The number of hydrogen-bond acceptors (Lipinski definition) is 4. The van der Waals surface area contributed by atoms with Crippen LogP contribution >= 0.6 is 0 Å². The maximum atomic E-state index is 11.9. The third kappa shape index (κ3) is 3.70. The van der Waals surface area contributed by atoms with Crippen LogP contribution in [0.15, 0.2) is 24.3 Å². The van der Waals surface area contributed by atoms with Crippen LogP contribution in [0.1, 0.15) is 16.8 Å². The summed E-state index contributed by atoms with van der Waals surface area (Å²) in [7, 11) is -1.32. The highest BCUT2D eigenvalue weighted by Crippen LogP contribution is 2.17. The van der Waals surface area contributed by atoms with Crippen molar-refractivity contribution in [1.82, 2.24) is 5.32 Å². The summed E-state index contributed by atoms with van der Waals surface area (Å²) in [4.78, 5) is 11.9. The zero-order valence-corrected chi connectivity index (χ0v) is 11.6. The number of carbonyl (C=O) groups excluding carboxylic acids is 1. The minimum absolute atomic E-state index is 0.0344. The normalized spacial score (nSPS) is 21.0. The Morgan fingerprint density at radius 1 is 1.37 bits per heavy atom. The molecule has 6 heteroatoms. The Balaban J connectivity index is 1.87. The summed E-state index contributed by atoms with van der Waals surface area (Å²) in [6.45, 7) is 0.407. The minimum Gasteiger partial charge on any atom is -0.497 e. The maximum Gasteiger partial charge on any atom is 0.251 e. The molecule has 1 fully saturated rings. The molecule has 0 radical (unpaired) electrons. The molecule has 1 amide bonds. The molecule has 1 unspecified atom stereocenters. The number of amides is 1. The van der Waals surface area contributed by atoms with Crippen LogP contribution in [0.25, 0.3) is 0 Å². The van der Waals surface area contributed by atoms with Crippen molar-refractivity contribution in [3.05, 3.63) is 29.8 Å². The van der Waals surface area contributed by atoms with E-state index in [-0.39, 0.29) is 23.3 Å². The van der Waals surface area contributed by atoms with Gasteiger partial charge in [-0.15, -0.1) is 0 Å².